The Bertz CT molecular complexity index is 938. The molecular formula is C22H22ClN3O2S. The maximum Gasteiger partial charge on any atom is 0.260 e. The second-order valence-electron chi connectivity index (χ2n) is 6.91. The van der Waals surface area contributed by atoms with E-state index in [0.717, 1.165) is 35.9 Å². The molecule has 1 aliphatic rings. The molecule has 1 amide bonds. The zero-order valence-electron chi connectivity index (χ0n) is 16.0. The van der Waals surface area contributed by atoms with Crippen molar-refractivity contribution in [3.8, 4) is 16.3 Å². The van der Waals surface area contributed by atoms with Gasteiger partial charge in [0.25, 0.3) is 5.91 Å². The van der Waals surface area contributed by atoms with Gasteiger partial charge < -0.3 is 9.64 Å². The second kappa shape index (κ2) is 9.39. The number of thiazole rings is 1. The molecule has 29 heavy (non-hydrogen) atoms. The highest BCUT2D eigenvalue weighted by atomic mass is 35.5. The van der Waals surface area contributed by atoms with Gasteiger partial charge in [0.05, 0.1) is 5.69 Å². The predicted molar refractivity (Wildman–Crippen MR) is 116 cm³/mol. The van der Waals surface area contributed by atoms with Crippen LogP contribution in [0.25, 0.3) is 10.6 Å². The van der Waals surface area contributed by atoms with E-state index >= 15 is 0 Å². The predicted octanol–water partition coefficient (Wildman–Crippen LogP) is 4.19. The molecule has 3 aromatic rings. The molecule has 0 N–H and O–H groups in total. The van der Waals surface area contributed by atoms with Gasteiger partial charge in [-0.15, -0.1) is 11.3 Å². The van der Waals surface area contributed by atoms with Gasteiger partial charge in [0.1, 0.15) is 10.8 Å². The van der Waals surface area contributed by atoms with Crippen molar-refractivity contribution in [1.29, 1.82) is 0 Å². The minimum atomic E-state index is 0.0135. The van der Waals surface area contributed by atoms with Crippen LogP contribution in [0.2, 0.25) is 5.02 Å². The quantitative estimate of drug-likeness (QED) is 0.591. The molecule has 2 heterocycles. The van der Waals surface area contributed by atoms with Crippen molar-refractivity contribution in [1.82, 2.24) is 14.8 Å². The molecule has 1 fully saturated rings. The highest BCUT2D eigenvalue weighted by molar-refractivity contribution is 7.13. The van der Waals surface area contributed by atoms with Crippen LogP contribution in [-0.4, -0.2) is 53.5 Å². The highest BCUT2D eigenvalue weighted by Crippen LogP contribution is 2.24. The number of carbonyl (C=O) groups excluding carboxylic acids is 1. The van der Waals surface area contributed by atoms with Gasteiger partial charge in [0, 0.05) is 48.7 Å². The molecule has 5 nitrogen and oxygen atoms in total. The third kappa shape index (κ3) is 5.35. The van der Waals surface area contributed by atoms with Crippen molar-refractivity contribution in [2.45, 2.75) is 6.54 Å². The normalized spacial score (nSPS) is 14.7. The van der Waals surface area contributed by atoms with E-state index in [1.165, 1.54) is 0 Å². The van der Waals surface area contributed by atoms with Crippen LogP contribution in [-0.2, 0) is 11.3 Å². The third-order valence-corrected chi connectivity index (χ3v) is 6.05. The summed E-state index contributed by atoms with van der Waals surface area (Å²) in [6.45, 7) is 3.95. The van der Waals surface area contributed by atoms with Crippen molar-refractivity contribution in [2.75, 3.05) is 32.8 Å². The molecule has 0 aliphatic carbocycles. The molecule has 1 saturated heterocycles. The van der Waals surface area contributed by atoms with Crippen molar-refractivity contribution < 1.29 is 9.53 Å². The summed E-state index contributed by atoms with van der Waals surface area (Å²) >= 11 is 7.54. The average molecular weight is 428 g/mol. The monoisotopic (exact) mass is 427 g/mol. The summed E-state index contributed by atoms with van der Waals surface area (Å²) in [6, 6.07) is 17.3. The lowest BCUT2D eigenvalue weighted by molar-refractivity contribution is -0.135. The Labute approximate surface area is 179 Å². The van der Waals surface area contributed by atoms with E-state index in [4.69, 9.17) is 21.3 Å². The largest absolute Gasteiger partial charge is 0.484 e. The molecule has 0 saturated carbocycles. The molecule has 1 aliphatic heterocycles. The molecular weight excluding hydrogens is 406 g/mol. The minimum absolute atomic E-state index is 0.0135. The van der Waals surface area contributed by atoms with E-state index in [-0.39, 0.29) is 12.5 Å². The second-order valence-corrected chi connectivity index (χ2v) is 8.20. The van der Waals surface area contributed by atoms with Gasteiger partial charge in [-0.25, -0.2) is 4.98 Å². The van der Waals surface area contributed by atoms with Crippen LogP contribution >= 0.6 is 22.9 Å². The fraction of sp³-hybridized carbons (Fsp3) is 0.273. The van der Waals surface area contributed by atoms with Gasteiger partial charge in [-0.05, 0) is 24.3 Å². The van der Waals surface area contributed by atoms with Crippen LogP contribution in [0.1, 0.15) is 5.69 Å². The van der Waals surface area contributed by atoms with Gasteiger partial charge in [-0.2, -0.15) is 0 Å². The summed E-state index contributed by atoms with van der Waals surface area (Å²) in [4.78, 5) is 21.4. The number of hydrogen-bond donors (Lipinski definition) is 0. The number of carbonyl (C=O) groups is 1. The van der Waals surface area contributed by atoms with E-state index in [1.54, 1.807) is 35.6 Å². The summed E-state index contributed by atoms with van der Waals surface area (Å²) in [6.07, 6.45) is 0. The summed E-state index contributed by atoms with van der Waals surface area (Å²) in [5.74, 6) is 0.666. The van der Waals surface area contributed by atoms with Gasteiger partial charge >= 0.3 is 0 Å². The third-order valence-electron chi connectivity index (χ3n) is 4.86. The number of ether oxygens (including phenoxy) is 1. The Hall–Kier alpha value is -2.41. The lowest BCUT2D eigenvalue weighted by atomic mass is 10.2. The standard InChI is InChI=1S/C22H22ClN3O2S/c23-18-6-8-20(9-7-18)28-15-21(27)26-12-10-25(11-13-26)14-19-16-29-22(24-19)17-4-2-1-3-5-17/h1-9,16H,10-15H2. The number of hydrogen-bond acceptors (Lipinski definition) is 5. The number of halogens is 1. The number of aromatic nitrogens is 1. The summed E-state index contributed by atoms with van der Waals surface area (Å²) in [5.41, 5.74) is 2.24. The number of benzene rings is 2. The van der Waals surface area contributed by atoms with E-state index in [1.807, 2.05) is 23.1 Å². The summed E-state index contributed by atoms with van der Waals surface area (Å²) in [7, 11) is 0. The maximum absolute atomic E-state index is 12.4. The van der Waals surface area contributed by atoms with E-state index in [2.05, 4.69) is 22.4 Å². The van der Waals surface area contributed by atoms with Crippen LogP contribution in [0.3, 0.4) is 0 Å². The maximum atomic E-state index is 12.4. The lowest BCUT2D eigenvalue weighted by Crippen LogP contribution is -2.49. The molecule has 0 radical (unpaired) electrons. The van der Waals surface area contributed by atoms with Crippen molar-refractivity contribution in [3.05, 3.63) is 70.7 Å². The van der Waals surface area contributed by atoms with Crippen LogP contribution in [0.4, 0.5) is 0 Å². The van der Waals surface area contributed by atoms with E-state index in [0.29, 0.717) is 23.9 Å². The Kier molecular flexibility index (Phi) is 6.44. The van der Waals surface area contributed by atoms with Crippen molar-refractivity contribution in [3.63, 3.8) is 0 Å². The lowest BCUT2D eigenvalue weighted by Gasteiger charge is -2.34. The molecule has 2 aromatic carbocycles. The average Bonchev–Trinajstić information content (AvgIpc) is 3.23. The minimum Gasteiger partial charge on any atom is -0.484 e. The topological polar surface area (TPSA) is 45.7 Å². The van der Waals surface area contributed by atoms with Crippen LogP contribution in [0.15, 0.2) is 60.0 Å². The SMILES string of the molecule is O=C(COc1ccc(Cl)cc1)N1CCN(Cc2csc(-c3ccccc3)n2)CC1. The van der Waals surface area contributed by atoms with E-state index in [9.17, 15) is 4.79 Å². The fourth-order valence-electron chi connectivity index (χ4n) is 3.24. The first kappa shape index (κ1) is 19.9. The molecule has 7 heteroatoms. The molecule has 4 rings (SSSR count). The first-order valence-electron chi connectivity index (χ1n) is 9.56. The number of piperazine rings is 1. The zero-order chi connectivity index (χ0) is 20.1. The van der Waals surface area contributed by atoms with Crippen molar-refractivity contribution >= 4 is 28.8 Å². The zero-order valence-corrected chi connectivity index (χ0v) is 17.5. The molecule has 0 atom stereocenters. The smallest absolute Gasteiger partial charge is 0.260 e. The Morgan fingerprint density at radius 1 is 1.03 bits per heavy atom. The van der Waals surface area contributed by atoms with Crippen LogP contribution in [0, 0.1) is 0 Å². The Morgan fingerprint density at radius 3 is 2.48 bits per heavy atom. The summed E-state index contributed by atoms with van der Waals surface area (Å²) in [5, 5.41) is 3.82. The number of amides is 1. The first-order chi connectivity index (χ1) is 14.2. The van der Waals surface area contributed by atoms with Gasteiger partial charge in [0.15, 0.2) is 6.61 Å². The van der Waals surface area contributed by atoms with Crippen LogP contribution in [0.5, 0.6) is 5.75 Å². The molecule has 150 valence electrons. The molecule has 0 unspecified atom stereocenters. The number of rotatable bonds is 6. The summed E-state index contributed by atoms with van der Waals surface area (Å²) < 4.78 is 5.57. The highest BCUT2D eigenvalue weighted by Gasteiger charge is 2.22. The van der Waals surface area contributed by atoms with Crippen molar-refractivity contribution in [2.24, 2.45) is 0 Å². The molecule has 0 bridgehead atoms. The van der Waals surface area contributed by atoms with Gasteiger partial charge in [0.2, 0.25) is 0 Å². The van der Waals surface area contributed by atoms with Gasteiger partial charge in [-0.3, -0.25) is 9.69 Å². The fourth-order valence-corrected chi connectivity index (χ4v) is 4.19. The van der Waals surface area contributed by atoms with Crippen LogP contribution < -0.4 is 4.74 Å². The van der Waals surface area contributed by atoms with E-state index < -0.39 is 0 Å². The van der Waals surface area contributed by atoms with Gasteiger partial charge in [-0.1, -0.05) is 41.9 Å². The Balaban J connectivity index is 1.23. The number of nitrogens with zero attached hydrogens (tertiary/aromatic N) is 3. The molecule has 0 spiro atoms. The first-order valence-corrected chi connectivity index (χ1v) is 10.8. The molecule has 1 aromatic heterocycles. The Morgan fingerprint density at radius 2 is 1.76 bits per heavy atom.